The highest BCUT2D eigenvalue weighted by atomic mass is 32.2. The van der Waals surface area contributed by atoms with Gasteiger partial charge >= 0.3 is 0 Å². The van der Waals surface area contributed by atoms with Crippen molar-refractivity contribution in [3.8, 4) is 5.75 Å². The molecule has 3 aromatic rings. The van der Waals surface area contributed by atoms with Crippen molar-refractivity contribution < 1.29 is 13.2 Å². The van der Waals surface area contributed by atoms with Crippen LogP contribution in [0.4, 0.5) is 17.5 Å². The summed E-state index contributed by atoms with van der Waals surface area (Å²) in [5, 5.41) is 3.29. The third-order valence-electron chi connectivity index (χ3n) is 5.11. The summed E-state index contributed by atoms with van der Waals surface area (Å²) in [5.74, 6) is 1.93. The van der Waals surface area contributed by atoms with Crippen LogP contribution >= 0.6 is 0 Å². The Bertz CT molecular complexity index is 1130. The molecule has 1 saturated heterocycles. The normalized spacial score (nSPS) is 15.0. The Balaban J connectivity index is 1.45. The van der Waals surface area contributed by atoms with Crippen LogP contribution in [0.25, 0.3) is 0 Å². The number of ether oxygens (including phenoxy) is 1. The summed E-state index contributed by atoms with van der Waals surface area (Å²) in [6.07, 6.45) is 0. The van der Waals surface area contributed by atoms with Gasteiger partial charge in [-0.1, -0.05) is 18.2 Å². The Kier molecular flexibility index (Phi) is 6.06. The third kappa shape index (κ3) is 4.78. The number of aryl methyl sites for hydroxylation is 1. The molecule has 0 atom stereocenters. The molecule has 1 aliphatic rings. The summed E-state index contributed by atoms with van der Waals surface area (Å²) in [5.41, 5.74) is 1.79. The first kappa shape index (κ1) is 21.1. The van der Waals surface area contributed by atoms with Crippen molar-refractivity contribution in [2.45, 2.75) is 11.8 Å². The number of methoxy groups -OCH3 is 1. The predicted molar refractivity (Wildman–Crippen MR) is 120 cm³/mol. The van der Waals surface area contributed by atoms with Crippen LogP contribution in [0.1, 0.15) is 5.69 Å². The van der Waals surface area contributed by atoms with Gasteiger partial charge in [-0.15, -0.1) is 0 Å². The van der Waals surface area contributed by atoms with Crippen molar-refractivity contribution in [2.75, 3.05) is 43.5 Å². The topological polar surface area (TPSA) is 87.7 Å². The van der Waals surface area contributed by atoms with Gasteiger partial charge in [0.25, 0.3) is 0 Å². The second-order valence-corrected chi connectivity index (χ2v) is 9.19. The molecule has 162 valence electrons. The lowest BCUT2D eigenvalue weighted by molar-refractivity contribution is 0.382. The molecule has 1 fully saturated rings. The first-order valence-corrected chi connectivity index (χ1v) is 11.5. The molecule has 0 aliphatic carbocycles. The highest BCUT2D eigenvalue weighted by molar-refractivity contribution is 7.89. The van der Waals surface area contributed by atoms with Gasteiger partial charge in [0, 0.05) is 43.6 Å². The Morgan fingerprint density at radius 3 is 2.26 bits per heavy atom. The predicted octanol–water partition coefficient (Wildman–Crippen LogP) is 3.05. The molecule has 1 aliphatic heterocycles. The minimum Gasteiger partial charge on any atom is -0.497 e. The number of sulfonamides is 1. The molecule has 9 heteroatoms. The van der Waals surface area contributed by atoms with E-state index in [1.54, 1.807) is 31.4 Å². The van der Waals surface area contributed by atoms with E-state index in [0.29, 0.717) is 43.7 Å². The summed E-state index contributed by atoms with van der Waals surface area (Å²) in [7, 11) is -2.00. The second-order valence-electron chi connectivity index (χ2n) is 7.25. The van der Waals surface area contributed by atoms with Crippen LogP contribution in [0.15, 0.2) is 65.6 Å². The average molecular weight is 440 g/mol. The molecule has 2 aromatic carbocycles. The van der Waals surface area contributed by atoms with E-state index >= 15 is 0 Å². The maximum atomic E-state index is 13.0. The molecule has 1 N–H and O–H groups in total. The van der Waals surface area contributed by atoms with Crippen LogP contribution in [-0.2, 0) is 10.0 Å². The first-order chi connectivity index (χ1) is 15.0. The molecule has 8 nitrogen and oxygen atoms in total. The van der Waals surface area contributed by atoms with E-state index in [9.17, 15) is 8.42 Å². The number of nitrogens with zero attached hydrogens (tertiary/aromatic N) is 4. The summed E-state index contributed by atoms with van der Waals surface area (Å²) in [4.78, 5) is 11.5. The Morgan fingerprint density at radius 2 is 1.61 bits per heavy atom. The number of piperazine rings is 1. The maximum absolute atomic E-state index is 13.0. The monoisotopic (exact) mass is 439 g/mol. The second kappa shape index (κ2) is 8.91. The van der Waals surface area contributed by atoms with Crippen LogP contribution in [0.5, 0.6) is 5.75 Å². The highest BCUT2D eigenvalue weighted by Crippen LogP contribution is 2.23. The molecule has 0 amide bonds. The number of rotatable bonds is 6. The van der Waals surface area contributed by atoms with Crippen molar-refractivity contribution in [2.24, 2.45) is 0 Å². The molecule has 0 unspecified atom stereocenters. The molecule has 0 saturated carbocycles. The number of anilines is 3. The zero-order valence-electron chi connectivity index (χ0n) is 17.5. The molecule has 4 rings (SSSR count). The summed E-state index contributed by atoms with van der Waals surface area (Å²) >= 11 is 0. The van der Waals surface area contributed by atoms with Crippen molar-refractivity contribution in [3.05, 3.63) is 66.4 Å². The summed E-state index contributed by atoms with van der Waals surface area (Å²) in [6, 6.07) is 18.2. The Morgan fingerprint density at radius 1 is 0.935 bits per heavy atom. The molecular weight excluding hydrogens is 414 g/mol. The van der Waals surface area contributed by atoms with E-state index in [1.807, 2.05) is 48.2 Å². The minimum absolute atomic E-state index is 0.267. The zero-order valence-corrected chi connectivity index (χ0v) is 18.3. The van der Waals surface area contributed by atoms with Gasteiger partial charge < -0.3 is 15.0 Å². The van der Waals surface area contributed by atoms with Crippen molar-refractivity contribution >= 4 is 27.5 Å². The van der Waals surface area contributed by atoms with E-state index < -0.39 is 10.0 Å². The van der Waals surface area contributed by atoms with Gasteiger partial charge in [0.2, 0.25) is 16.0 Å². The number of nitrogens with one attached hydrogen (secondary N) is 1. The third-order valence-corrected chi connectivity index (χ3v) is 7.02. The molecule has 0 spiro atoms. The number of hydrogen-bond donors (Lipinski definition) is 1. The molecule has 0 bridgehead atoms. The number of benzene rings is 2. The van der Waals surface area contributed by atoms with Crippen LogP contribution < -0.4 is 15.0 Å². The standard InChI is InChI=1S/C22H25N5O3S/c1-17-16-21(24-18-6-4-3-5-7-18)25-22(23-17)26-12-14-27(15-13-26)31(28,29)20-10-8-19(30-2)9-11-20/h3-11,16H,12-15H2,1-2H3,(H,23,24,25). The first-order valence-electron chi connectivity index (χ1n) is 10.0. The Labute approximate surface area is 182 Å². The van der Waals surface area contributed by atoms with E-state index in [-0.39, 0.29) is 4.90 Å². The lowest BCUT2D eigenvalue weighted by Gasteiger charge is -2.34. The van der Waals surface area contributed by atoms with Gasteiger partial charge in [-0.2, -0.15) is 9.29 Å². The van der Waals surface area contributed by atoms with E-state index in [2.05, 4.69) is 15.3 Å². The van der Waals surface area contributed by atoms with Crippen molar-refractivity contribution in [1.29, 1.82) is 0 Å². The van der Waals surface area contributed by atoms with Crippen molar-refractivity contribution in [3.63, 3.8) is 0 Å². The average Bonchev–Trinajstić information content (AvgIpc) is 2.79. The largest absolute Gasteiger partial charge is 0.497 e. The van der Waals surface area contributed by atoms with Gasteiger partial charge in [0.1, 0.15) is 11.6 Å². The van der Waals surface area contributed by atoms with Crippen molar-refractivity contribution in [1.82, 2.24) is 14.3 Å². The summed E-state index contributed by atoms with van der Waals surface area (Å²) in [6.45, 7) is 3.69. The van der Waals surface area contributed by atoms with Gasteiger partial charge in [-0.05, 0) is 43.3 Å². The van der Waals surface area contributed by atoms with Gasteiger partial charge in [0.05, 0.1) is 12.0 Å². The molecule has 1 aromatic heterocycles. The van der Waals surface area contributed by atoms with Gasteiger partial charge in [-0.3, -0.25) is 0 Å². The Hall–Kier alpha value is -3.17. The lowest BCUT2D eigenvalue weighted by Crippen LogP contribution is -2.49. The van der Waals surface area contributed by atoms with E-state index in [0.717, 1.165) is 11.4 Å². The summed E-state index contributed by atoms with van der Waals surface area (Å²) < 4.78 is 32.6. The number of hydrogen-bond acceptors (Lipinski definition) is 7. The maximum Gasteiger partial charge on any atom is 0.243 e. The number of aromatic nitrogens is 2. The SMILES string of the molecule is COc1ccc(S(=O)(=O)N2CCN(c3nc(C)cc(Nc4ccccc4)n3)CC2)cc1. The number of para-hydroxylation sites is 1. The van der Waals surface area contributed by atoms with E-state index in [1.165, 1.54) is 4.31 Å². The quantitative estimate of drug-likeness (QED) is 0.632. The molecular formula is C22H25N5O3S. The smallest absolute Gasteiger partial charge is 0.243 e. The molecule has 0 radical (unpaired) electrons. The lowest BCUT2D eigenvalue weighted by atomic mass is 10.3. The van der Waals surface area contributed by atoms with Gasteiger partial charge in [-0.25, -0.2) is 13.4 Å². The van der Waals surface area contributed by atoms with Crippen LogP contribution in [0, 0.1) is 6.92 Å². The minimum atomic E-state index is -3.55. The van der Waals surface area contributed by atoms with Crippen LogP contribution in [-0.4, -0.2) is 56.0 Å². The van der Waals surface area contributed by atoms with E-state index in [4.69, 9.17) is 4.74 Å². The fourth-order valence-electron chi connectivity index (χ4n) is 3.45. The molecule has 31 heavy (non-hydrogen) atoms. The molecule has 2 heterocycles. The van der Waals surface area contributed by atoms with Crippen LogP contribution in [0.3, 0.4) is 0 Å². The highest BCUT2D eigenvalue weighted by Gasteiger charge is 2.29. The fraction of sp³-hybridized carbons (Fsp3) is 0.273. The van der Waals surface area contributed by atoms with Gasteiger partial charge in [0.15, 0.2) is 0 Å². The fourth-order valence-corrected chi connectivity index (χ4v) is 4.88. The zero-order chi connectivity index (χ0) is 21.8. The van der Waals surface area contributed by atoms with Crippen LogP contribution in [0.2, 0.25) is 0 Å².